The number of aliphatic carboxylic acids is 1. The number of amides is 1. The van der Waals surface area contributed by atoms with Gasteiger partial charge < -0.3 is 16.2 Å². The summed E-state index contributed by atoms with van der Waals surface area (Å²) in [5.74, 6) is -1.42. The topological polar surface area (TPSA) is 92.4 Å². The average molecular weight is 172 g/mol. The van der Waals surface area contributed by atoms with Gasteiger partial charge in [-0.2, -0.15) is 0 Å². The molecule has 0 saturated carbocycles. The minimum Gasteiger partial charge on any atom is -0.480 e. The number of hydrogen-bond donors (Lipinski definition) is 3. The second kappa shape index (κ2) is 3.53. The Bertz CT molecular complexity index is 205. The van der Waals surface area contributed by atoms with E-state index in [-0.39, 0.29) is 18.4 Å². The van der Waals surface area contributed by atoms with E-state index in [1.54, 1.807) is 0 Å². The van der Waals surface area contributed by atoms with E-state index >= 15 is 0 Å². The first kappa shape index (κ1) is 8.99. The number of piperidine rings is 1. The number of carbonyl (C=O) groups excluding carboxylic acids is 1. The van der Waals surface area contributed by atoms with Crippen molar-refractivity contribution in [3.63, 3.8) is 0 Å². The summed E-state index contributed by atoms with van der Waals surface area (Å²) in [4.78, 5) is 21.5. The summed E-state index contributed by atoms with van der Waals surface area (Å²) >= 11 is 0. The fourth-order valence-electron chi connectivity index (χ4n) is 1.27. The maximum absolute atomic E-state index is 11.1. The summed E-state index contributed by atoms with van der Waals surface area (Å²) in [6.45, 7) is 0.290. The molecule has 68 valence electrons. The fraction of sp³-hybridized carbons (Fsp3) is 0.714. The molecule has 1 rings (SSSR count). The predicted octanol–water partition coefficient (Wildman–Crippen LogP) is -1.08. The van der Waals surface area contributed by atoms with Crippen molar-refractivity contribution >= 4 is 11.9 Å². The zero-order chi connectivity index (χ0) is 9.14. The Morgan fingerprint density at radius 2 is 2.33 bits per heavy atom. The van der Waals surface area contributed by atoms with Gasteiger partial charge in [0.25, 0.3) is 0 Å². The lowest BCUT2D eigenvalue weighted by atomic mass is 9.94. The Hall–Kier alpha value is -1.10. The predicted molar refractivity (Wildman–Crippen MR) is 41.3 cm³/mol. The molecule has 1 amide bonds. The summed E-state index contributed by atoms with van der Waals surface area (Å²) in [5, 5.41) is 11.0. The summed E-state index contributed by atoms with van der Waals surface area (Å²) in [7, 11) is 0. The van der Waals surface area contributed by atoms with Gasteiger partial charge in [-0.25, -0.2) is 4.79 Å². The van der Waals surface area contributed by atoms with Gasteiger partial charge in [0.1, 0.15) is 6.04 Å². The molecule has 5 nitrogen and oxygen atoms in total. The van der Waals surface area contributed by atoms with Crippen LogP contribution in [0.3, 0.4) is 0 Å². The standard InChI is InChI=1S/C7H12N2O3/c8-3-4-1-2-5(7(11)12)9-6(4)10/h4-5H,1-3,8H2,(H,9,10)(H,11,12). The molecule has 1 aliphatic heterocycles. The van der Waals surface area contributed by atoms with E-state index in [4.69, 9.17) is 10.8 Å². The molecule has 1 fully saturated rings. The van der Waals surface area contributed by atoms with Crippen LogP contribution in [-0.2, 0) is 9.59 Å². The van der Waals surface area contributed by atoms with Crippen LogP contribution in [0.4, 0.5) is 0 Å². The highest BCUT2D eigenvalue weighted by atomic mass is 16.4. The summed E-state index contributed by atoms with van der Waals surface area (Å²) < 4.78 is 0. The maximum atomic E-state index is 11.1. The molecule has 4 N–H and O–H groups in total. The first-order valence-corrected chi connectivity index (χ1v) is 3.88. The molecule has 2 unspecified atom stereocenters. The van der Waals surface area contributed by atoms with E-state index in [0.717, 1.165) is 0 Å². The van der Waals surface area contributed by atoms with Crippen LogP contribution >= 0.6 is 0 Å². The molecule has 1 heterocycles. The van der Waals surface area contributed by atoms with Gasteiger partial charge in [0, 0.05) is 6.54 Å². The Balaban J connectivity index is 2.52. The van der Waals surface area contributed by atoms with Crippen molar-refractivity contribution in [2.24, 2.45) is 11.7 Å². The van der Waals surface area contributed by atoms with Gasteiger partial charge in [0.2, 0.25) is 5.91 Å². The van der Waals surface area contributed by atoms with Crippen molar-refractivity contribution in [3.05, 3.63) is 0 Å². The molecule has 0 bridgehead atoms. The van der Waals surface area contributed by atoms with Crippen LogP contribution in [0.25, 0.3) is 0 Å². The highest BCUT2D eigenvalue weighted by Crippen LogP contribution is 2.14. The van der Waals surface area contributed by atoms with Crippen LogP contribution in [0.2, 0.25) is 0 Å². The molecule has 0 radical (unpaired) electrons. The van der Waals surface area contributed by atoms with Gasteiger partial charge >= 0.3 is 5.97 Å². The molecule has 12 heavy (non-hydrogen) atoms. The van der Waals surface area contributed by atoms with Crippen LogP contribution in [0.1, 0.15) is 12.8 Å². The quantitative estimate of drug-likeness (QED) is 0.494. The number of carbonyl (C=O) groups is 2. The third kappa shape index (κ3) is 1.73. The lowest BCUT2D eigenvalue weighted by molar-refractivity contribution is -0.144. The molecule has 0 aromatic rings. The van der Waals surface area contributed by atoms with Crippen molar-refractivity contribution in [1.82, 2.24) is 5.32 Å². The molecular formula is C7H12N2O3. The van der Waals surface area contributed by atoms with Crippen LogP contribution in [0, 0.1) is 5.92 Å². The summed E-state index contributed by atoms with van der Waals surface area (Å²) in [5.41, 5.74) is 5.31. The molecule has 0 aliphatic carbocycles. The molecule has 2 atom stereocenters. The molecule has 5 heteroatoms. The molecule has 0 spiro atoms. The molecule has 0 aromatic carbocycles. The van der Waals surface area contributed by atoms with E-state index in [9.17, 15) is 9.59 Å². The third-order valence-corrected chi connectivity index (χ3v) is 2.07. The fourth-order valence-corrected chi connectivity index (χ4v) is 1.27. The van der Waals surface area contributed by atoms with E-state index in [0.29, 0.717) is 12.8 Å². The highest BCUT2D eigenvalue weighted by Gasteiger charge is 2.30. The molecular weight excluding hydrogens is 160 g/mol. The third-order valence-electron chi connectivity index (χ3n) is 2.07. The number of hydrogen-bond acceptors (Lipinski definition) is 3. The van der Waals surface area contributed by atoms with E-state index in [1.165, 1.54) is 0 Å². The summed E-state index contributed by atoms with van der Waals surface area (Å²) in [6, 6.07) is -0.722. The zero-order valence-corrected chi connectivity index (χ0v) is 6.62. The van der Waals surface area contributed by atoms with Gasteiger partial charge in [-0.15, -0.1) is 0 Å². The molecule has 0 aromatic heterocycles. The second-order valence-corrected chi connectivity index (χ2v) is 2.91. The Kier molecular flexibility index (Phi) is 2.65. The van der Waals surface area contributed by atoms with Crippen molar-refractivity contribution < 1.29 is 14.7 Å². The number of carboxylic acids is 1. The number of rotatable bonds is 2. The van der Waals surface area contributed by atoms with Crippen LogP contribution in [0.5, 0.6) is 0 Å². The second-order valence-electron chi connectivity index (χ2n) is 2.91. The Morgan fingerprint density at radius 3 is 2.75 bits per heavy atom. The monoisotopic (exact) mass is 172 g/mol. The van der Waals surface area contributed by atoms with Gasteiger partial charge in [-0.3, -0.25) is 4.79 Å². The maximum Gasteiger partial charge on any atom is 0.326 e. The van der Waals surface area contributed by atoms with Crippen molar-refractivity contribution in [1.29, 1.82) is 0 Å². The van der Waals surface area contributed by atoms with Crippen LogP contribution < -0.4 is 11.1 Å². The van der Waals surface area contributed by atoms with Gasteiger partial charge in [0.05, 0.1) is 5.92 Å². The Labute approximate surface area is 69.9 Å². The first-order valence-electron chi connectivity index (χ1n) is 3.88. The van der Waals surface area contributed by atoms with Gasteiger partial charge in [-0.05, 0) is 12.8 Å². The van der Waals surface area contributed by atoms with Gasteiger partial charge in [-0.1, -0.05) is 0 Å². The minimum absolute atomic E-state index is 0.208. The highest BCUT2D eigenvalue weighted by molar-refractivity contribution is 5.86. The lowest BCUT2D eigenvalue weighted by Crippen LogP contribution is -2.49. The number of carboxylic acid groups (broad SMARTS) is 1. The van der Waals surface area contributed by atoms with Crippen molar-refractivity contribution in [2.45, 2.75) is 18.9 Å². The van der Waals surface area contributed by atoms with Crippen LogP contribution in [-0.4, -0.2) is 29.6 Å². The average Bonchev–Trinajstić information content (AvgIpc) is 2.04. The lowest BCUT2D eigenvalue weighted by Gasteiger charge is -2.25. The molecule has 1 aliphatic rings. The van der Waals surface area contributed by atoms with Crippen LogP contribution in [0.15, 0.2) is 0 Å². The zero-order valence-electron chi connectivity index (χ0n) is 6.62. The van der Waals surface area contributed by atoms with Gasteiger partial charge in [0.15, 0.2) is 0 Å². The minimum atomic E-state index is -0.973. The number of nitrogens with two attached hydrogens (primary N) is 1. The SMILES string of the molecule is NCC1CCC(C(=O)O)NC1=O. The normalized spacial score (nSPS) is 29.6. The van der Waals surface area contributed by atoms with E-state index in [2.05, 4.69) is 5.32 Å². The number of nitrogens with one attached hydrogen (secondary N) is 1. The smallest absolute Gasteiger partial charge is 0.326 e. The first-order chi connectivity index (χ1) is 5.65. The Morgan fingerprint density at radius 1 is 1.67 bits per heavy atom. The van der Waals surface area contributed by atoms with E-state index < -0.39 is 12.0 Å². The van der Waals surface area contributed by atoms with Crippen molar-refractivity contribution in [3.8, 4) is 0 Å². The van der Waals surface area contributed by atoms with E-state index in [1.807, 2.05) is 0 Å². The molecule has 1 saturated heterocycles. The van der Waals surface area contributed by atoms with Crippen molar-refractivity contribution in [2.75, 3.05) is 6.54 Å². The largest absolute Gasteiger partial charge is 0.480 e. The summed E-state index contributed by atoms with van der Waals surface area (Å²) in [6.07, 6.45) is 1.04.